The van der Waals surface area contributed by atoms with Gasteiger partial charge in [0.2, 0.25) is 5.91 Å². The minimum atomic E-state index is -0.415. The van der Waals surface area contributed by atoms with Gasteiger partial charge in [-0.1, -0.05) is 43.8 Å². The SMILES string of the molecule is CC(C)[C@@H](NC(=O)c1ccccc1)c1nnc(SCC(N)=O)n1C. The summed E-state index contributed by atoms with van der Waals surface area (Å²) < 4.78 is 1.78. The number of nitrogens with one attached hydrogen (secondary N) is 1. The Bertz CT molecular complexity index is 715. The summed E-state index contributed by atoms with van der Waals surface area (Å²) in [6.45, 7) is 4.00. The van der Waals surface area contributed by atoms with Crippen LogP contribution in [0.2, 0.25) is 0 Å². The Morgan fingerprint density at radius 1 is 1.25 bits per heavy atom. The third-order valence-electron chi connectivity index (χ3n) is 3.48. The van der Waals surface area contributed by atoms with Gasteiger partial charge in [0, 0.05) is 12.6 Å². The molecule has 1 heterocycles. The van der Waals surface area contributed by atoms with Crippen LogP contribution in [0.3, 0.4) is 0 Å². The second-order valence-corrected chi connectivity index (χ2v) is 6.66. The lowest BCUT2D eigenvalue weighted by Gasteiger charge is -2.21. The van der Waals surface area contributed by atoms with E-state index in [9.17, 15) is 9.59 Å². The van der Waals surface area contributed by atoms with Gasteiger partial charge in [-0.2, -0.15) is 0 Å². The number of thioether (sulfide) groups is 1. The molecule has 0 radical (unpaired) electrons. The number of carbonyl (C=O) groups excluding carboxylic acids is 2. The number of aromatic nitrogens is 3. The third kappa shape index (κ3) is 4.35. The predicted octanol–water partition coefficient (Wildman–Crippen LogP) is 1.52. The molecule has 1 atom stereocenters. The number of nitrogens with zero attached hydrogens (tertiary/aromatic N) is 3. The highest BCUT2D eigenvalue weighted by atomic mass is 32.2. The first-order valence-corrected chi connectivity index (χ1v) is 8.55. The maximum atomic E-state index is 12.4. The van der Waals surface area contributed by atoms with Crippen molar-refractivity contribution in [3.63, 3.8) is 0 Å². The van der Waals surface area contributed by atoms with Crippen molar-refractivity contribution in [3.8, 4) is 0 Å². The monoisotopic (exact) mass is 347 g/mol. The van der Waals surface area contributed by atoms with Crippen LogP contribution >= 0.6 is 11.8 Å². The van der Waals surface area contributed by atoms with E-state index in [1.807, 2.05) is 39.1 Å². The number of rotatable bonds is 7. The van der Waals surface area contributed by atoms with Gasteiger partial charge in [0.25, 0.3) is 5.91 Å². The Balaban J connectivity index is 2.19. The molecule has 0 fully saturated rings. The molecule has 0 saturated carbocycles. The Hall–Kier alpha value is -2.35. The molecular weight excluding hydrogens is 326 g/mol. The highest BCUT2D eigenvalue weighted by Gasteiger charge is 2.25. The molecule has 2 aromatic rings. The summed E-state index contributed by atoms with van der Waals surface area (Å²) in [5, 5.41) is 11.9. The molecule has 1 aromatic carbocycles. The molecule has 8 heteroatoms. The molecule has 0 unspecified atom stereocenters. The van der Waals surface area contributed by atoms with E-state index < -0.39 is 5.91 Å². The van der Waals surface area contributed by atoms with E-state index >= 15 is 0 Å². The first-order valence-electron chi connectivity index (χ1n) is 7.56. The van der Waals surface area contributed by atoms with Gasteiger partial charge < -0.3 is 15.6 Å². The van der Waals surface area contributed by atoms with Crippen molar-refractivity contribution in [1.29, 1.82) is 0 Å². The highest BCUT2D eigenvalue weighted by molar-refractivity contribution is 7.99. The number of hydrogen-bond donors (Lipinski definition) is 2. The standard InChI is InChI=1S/C16H21N5O2S/c1-10(2)13(18-15(23)11-7-5-4-6-8-11)14-19-20-16(21(14)3)24-9-12(17)22/h4-8,10,13H,9H2,1-3H3,(H2,17,22)(H,18,23)/t13-/m1/s1. The quantitative estimate of drug-likeness (QED) is 0.739. The number of hydrogen-bond acceptors (Lipinski definition) is 5. The molecule has 2 amide bonds. The third-order valence-corrected chi connectivity index (χ3v) is 4.52. The summed E-state index contributed by atoms with van der Waals surface area (Å²) in [4.78, 5) is 23.4. The van der Waals surface area contributed by atoms with E-state index in [1.54, 1.807) is 16.7 Å². The first kappa shape index (κ1) is 18.0. The van der Waals surface area contributed by atoms with Gasteiger partial charge in [0.1, 0.15) is 0 Å². The van der Waals surface area contributed by atoms with Crippen LogP contribution in [-0.4, -0.2) is 32.3 Å². The van der Waals surface area contributed by atoms with Crippen LogP contribution in [-0.2, 0) is 11.8 Å². The zero-order chi connectivity index (χ0) is 17.7. The average Bonchev–Trinajstić information content (AvgIpc) is 2.91. The molecule has 2 rings (SSSR count). The first-order chi connectivity index (χ1) is 11.4. The average molecular weight is 347 g/mol. The molecule has 24 heavy (non-hydrogen) atoms. The van der Waals surface area contributed by atoms with Gasteiger partial charge in [-0.25, -0.2) is 0 Å². The van der Waals surface area contributed by atoms with Crippen molar-refractivity contribution >= 4 is 23.6 Å². The zero-order valence-electron chi connectivity index (χ0n) is 13.9. The highest BCUT2D eigenvalue weighted by Crippen LogP contribution is 2.24. The Morgan fingerprint density at radius 2 is 1.92 bits per heavy atom. The van der Waals surface area contributed by atoms with Crippen molar-refractivity contribution in [2.24, 2.45) is 18.7 Å². The van der Waals surface area contributed by atoms with Crippen LogP contribution in [0.1, 0.15) is 36.1 Å². The van der Waals surface area contributed by atoms with Crippen molar-refractivity contribution < 1.29 is 9.59 Å². The number of primary amides is 1. The van der Waals surface area contributed by atoms with Crippen molar-refractivity contribution in [3.05, 3.63) is 41.7 Å². The molecule has 0 spiro atoms. The number of amides is 2. The van der Waals surface area contributed by atoms with Crippen LogP contribution in [0.15, 0.2) is 35.5 Å². The lowest BCUT2D eigenvalue weighted by molar-refractivity contribution is -0.115. The fourth-order valence-corrected chi connectivity index (χ4v) is 2.86. The topological polar surface area (TPSA) is 103 Å². The molecule has 0 bridgehead atoms. The van der Waals surface area contributed by atoms with Crippen molar-refractivity contribution in [2.45, 2.75) is 25.0 Å². The fraction of sp³-hybridized carbons (Fsp3) is 0.375. The largest absolute Gasteiger partial charge is 0.369 e. The Kier molecular flexibility index (Phi) is 5.97. The smallest absolute Gasteiger partial charge is 0.251 e. The van der Waals surface area contributed by atoms with Crippen LogP contribution in [0, 0.1) is 5.92 Å². The van der Waals surface area contributed by atoms with Crippen LogP contribution in [0.5, 0.6) is 0 Å². The molecule has 128 valence electrons. The molecule has 0 aliphatic rings. The van der Waals surface area contributed by atoms with E-state index in [4.69, 9.17) is 5.73 Å². The van der Waals surface area contributed by atoms with Crippen LogP contribution < -0.4 is 11.1 Å². The summed E-state index contributed by atoms with van der Waals surface area (Å²) in [5.74, 6) is 0.316. The Morgan fingerprint density at radius 3 is 2.50 bits per heavy atom. The number of benzene rings is 1. The maximum Gasteiger partial charge on any atom is 0.251 e. The Labute approximate surface area is 145 Å². The lowest BCUT2D eigenvalue weighted by Crippen LogP contribution is -2.33. The second-order valence-electron chi connectivity index (χ2n) is 5.72. The minimum Gasteiger partial charge on any atom is -0.369 e. The van der Waals surface area contributed by atoms with Gasteiger partial charge >= 0.3 is 0 Å². The van der Waals surface area contributed by atoms with E-state index in [-0.39, 0.29) is 23.6 Å². The maximum absolute atomic E-state index is 12.4. The van der Waals surface area contributed by atoms with Gasteiger partial charge in [0.05, 0.1) is 11.8 Å². The second kappa shape index (κ2) is 7.96. The van der Waals surface area contributed by atoms with E-state index in [0.29, 0.717) is 16.5 Å². The molecule has 0 aliphatic heterocycles. The minimum absolute atomic E-state index is 0.120. The fourth-order valence-electron chi connectivity index (χ4n) is 2.20. The molecule has 1 aromatic heterocycles. The molecule has 3 N–H and O–H groups in total. The van der Waals surface area contributed by atoms with E-state index in [2.05, 4.69) is 15.5 Å². The van der Waals surface area contributed by atoms with Crippen LogP contribution in [0.4, 0.5) is 0 Å². The van der Waals surface area contributed by atoms with E-state index in [0.717, 1.165) is 0 Å². The van der Waals surface area contributed by atoms with Gasteiger partial charge in [0.15, 0.2) is 11.0 Å². The number of carbonyl (C=O) groups is 2. The molecule has 7 nitrogen and oxygen atoms in total. The summed E-state index contributed by atoms with van der Waals surface area (Å²) in [5.41, 5.74) is 5.75. The van der Waals surface area contributed by atoms with Crippen LogP contribution in [0.25, 0.3) is 0 Å². The number of nitrogens with two attached hydrogens (primary N) is 1. The summed E-state index contributed by atoms with van der Waals surface area (Å²) >= 11 is 1.22. The summed E-state index contributed by atoms with van der Waals surface area (Å²) in [7, 11) is 1.81. The molecule has 0 saturated heterocycles. The van der Waals surface area contributed by atoms with E-state index in [1.165, 1.54) is 11.8 Å². The van der Waals surface area contributed by atoms with Gasteiger partial charge in [-0.3, -0.25) is 9.59 Å². The van der Waals surface area contributed by atoms with Gasteiger partial charge in [-0.15, -0.1) is 10.2 Å². The predicted molar refractivity (Wildman–Crippen MR) is 92.4 cm³/mol. The molecule has 0 aliphatic carbocycles. The van der Waals surface area contributed by atoms with Crippen molar-refractivity contribution in [2.75, 3.05) is 5.75 Å². The summed E-state index contributed by atoms with van der Waals surface area (Å²) in [6, 6.07) is 8.73. The van der Waals surface area contributed by atoms with Crippen molar-refractivity contribution in [1.82, 2.24) is 20.1 Å². The molecular formula is C16H21N5O2S. The lowest BCUT2D eigenvalue weighted by atomic mass is 10.0. The summed E-state index contributed by atoms with van der Waals surface area (Å²) in [6.07, 6.45) is 0. The normalized spacial score (nSPS) is 12.2. The zero-order valence-corrected chi connectivity index (χ0v) is 14.7. The van der Waals surface area contributed by atoms with Gasteiger partial charge in [-0.05, 0) is 18.1 Å².